The molecule has 1 N–H and O–H groups in total. The van der Waals surface area contributed by atoms with Crippen LogP contribution in [0.2, 0.25) is 0 Å². The van der Waals surface area contributed by atoms with E-state index >= 15 is 0 Å². The SMILES string of the molecule is COc1cc2c(cc1NC(=O)c1nc3nccc(C)n3n1)oc1ccccc12. The first-order valence-electron chi connectivity index (χ1n) is 8.63. The average molecular weight is 373 g/mol. The van der Waals surface area contributed by atoms with E-state index in [2.05, 4.69) is 20.4 Å². The number of carbonyl (C=O) groups is 1. The number of rotatable bonds is 3. The number of aromatic nitrogens is 4. The van der Waals surface area contributed by atoms with Crippen LogP contribution in [0.4, 0.5) is 5.69 Å². The van der Waals surface area contributed by atoms with Crippen LogP contribution in [0.5, 0.6) is 5.75 Å². The van der Waals surface area contributed by atoms with Gasteiger partial charge in [0.1, 0.15) is 16.9 Å². The van der Waals surface area contributed by atoms with Crippen LogP contribution in [0, 0.1) is 6.92 Å². The lowest BCUT2D eigenvalue weighted by molar-refractivity contribution is 0.101. The van der Waals surface area contributed by atoms with E-state index in [1.165, 1.54) is 4.52 Å². The molecule has 0 atom stereocenters. The molecule has 0 saturated carbocycles. The van der Waals surface area contributed by atoms with Gasteiger partial charge >= 0.3 is 0 Å². The number of amides is 1. The first-order valence-corrected chi connectivity index (χ1v) is 8.63. The highest BCUT2D eigenvalue weighted by Crippen LogP contribution is 2.36. The maximum Gasteiger partial charge on any atom is 0.295 e. The number of nitrogens with zero attached hydrogens (tertiary/aromatic N) is 4. The molecule has 0 aliphatic heterocycles. The van der Waals surface area contributed by atoms with Crippen molar-refractivity contribution in [1.29, 1.82) is 0 Å². The minimum atomic E-state index is -0.460. The summed E-state index contributed by atoms with van der Waals surface area (Å²) in [6.45, 7) is 1.86. The Morgan fingerprint density at radius 2 is 2.00 bits per heavy atom. The van der Waals surface area contributed by atoms with E-state index in [1.54, 1.807) is 25.4 Å². The fourth-order valence-corrected chi connectivity index (χ4v) is 3.20. The molecule has 28 heavy (non-hydrogen) atoms. The molecule has 8 heteroatoms. The normalized spacial score (nSPS) is 11.4. The third kappa shape index (κ3) is 2.46. The minimum Gasteiger partial charge on any atom is -0.495 e. The summed E-state index contributed by atoms with van der Waals surface area (Å²) >= 11 is 0. The number of methoxy groups -OCH3 is 1. The van der Waals surface area contributed by atoms with Gasteiger partial charge in [0, 0.05) is 28.7 Å². The standard InChI is InChI=1S/C20H15N5O3/c1-11-7-8-21-20-23-18(24-25(11)20)19(26)22-14-10-16-13(9-17(14)27-2)12-5-3-4-6-15(12)28-16/h3-10H,1-2H3,(H,22,26). The summed E-state index contributed by atoms with van der Waals surface area (Å²) in [7, 11) is 1.55. The van der Waals surface area contributed by atoms with Crippen LogP contribution in [0.25, 0.3) is 27.7 Å². The molecule has 0 radical (unpaired) electrons. The maximum absolute atomic E-state index is 12.7. The summed E-state index contributed by atoms with van der Waals surface area (Å²) < 4.78 is 12.9. The van der Waals surface area contributed by atoms with Crippen molar-refractivity contribution >= 4 is 39.3 Å². The molecule has 3 heterocycles. The van der Waals surface area contributed by atoms with Gasteiger partial charge in [-0.1, -0.05) is 18.2 Å². The third-order valence-electron chi connectivity index (χ3n) is 4.58. The number of hydrogen-bond acceptors (Lipinski definition) is 6. The Hall–Kier alpha value is -3.94. The quantitative estimate of drug-likeness (QED) is 0.519. The topological polar surface area (TPSA) is 94.5 Å². The second-order valence-electron chi connectivity index (χ2n) is 6.33. The number of anilines is 1. The van der Waals surface area contributed by atoms with Crippen molar-refractivity contribution in [2.75, 3.05) is 12.4 Å². The Morgan fingerprint density at radius 1 is 1.14 bits per heavy atom. The summed E-state index contributed by atoms with van der Waals surface area (Å²) in [6, 6.07) is 13.1. The maximum atomic E-state index is 12.7. The van der Waals surface area contributed by atoms with E-state index in [9.17, 15) is 4.79 Å². The van der Waals surface area contributed by atoms with Crippen molar-refractivity contribution in [3.05, 3.63) is 60.2 Å². The molecule has 8 nitrogen and oxygen atoms in total. The Labute approximate surface area is 158 Å². The molecule has 0 saturated heterocycles. The number of hydrogen-bond donors (Lipinski definition) is 1. The zero-order chi connectivity index (χ0) is 19.3. The summed E-state index contributed by atoms with van der Waals surface area (Å²) in [5.41, 5.74) is 2.73. The van der Waals surface area contributed by atoms with Gasteiger partial charge in [-0.05, 0) is 25.1 Å². The smallest absolute Gasteiger partial charge is 0.295 e. The van der Waals surface area contributed by atoms with Gasteiger partial charge < -0.3 is 14.5 Å². The lowest BCUT2D eigenvalue weighted by Gasteiger charge is -2.09. The summed E-state index contributed by atoms with van der Waals surface area (Å²) in [4.78, 5) is 21.0. The molecule has 0 aliphatic rings. The molecule has 0 spiro atoms. The van der Waals surface area contributed by atoms with Gasteiger partial charge in [0.25, 0.3) is 11.7 Å². The predicted molar refractivity (Wildman–Crippen MR) is 104 cm³/mol. The van der Waals surface area contributed by atoms with Crippen molar-refractivity contribution in [3.8, 4) is 5.75 Å². The fraction of sp³-hybridized carbons (Fsp3) is 0.100. The molecule has 0 unspecified atom stereocenters. The van der Waals surface area contributed by atoms with Crippen molar-refractivity contribution in [2.45, 2.75) is 6.92 Å². The molecule has 5 aromatic rings. The predicted octanol–water partition coefficient (Wildman–Crippen LogP) is 3.59. The third-order valence-corrected chi connectivity index (χ3v) is 4.58. The molecule has 2 aromatic carbocycles. The van der Waals surface area contributed by atoms with E-state index in [0.29, 0.717) is 22.8 Å². The van der Waals surface area contributed by atoms with E-state index in [-0.39, 0.29) is 5.82 Å². The number of para-hydroxylation sites is 1. The van der Waals surface area contributed by atoms with Crippen LogP contribution in [0.1, 0.15) is 16.3 Å². The van der Waals surface area contributed by atoms with E-state index in [1.807, 2.05) is 37.3 Å². The van der Waals surface area contributed by atoms with E-state index in [0.717, 1.165) is 22.0 Å². The number of benzene rings is 2. The van der Waals surface area contributed by atoms with Crippen LogP contribution in [-0.4, -0.2) is 32.6 Å². The van der Waals surface area contributed by atoms with Gasteiger partial charge in [-0.2, -0.15) is 4.98 Å². The molecular formula is C20H15N5O3. The summed E-state index contributed by atoms with van der Waals surface area (Å²) in [5.74, 6) is 0.447. The number of fused-ring (bicyclic) bond motifs is 4. The van der Waals surface area contributed by atoms with E-state index in [4.69, 9.17) is 9.15 Å². The van der Waals surface area contributed by atoms with Gasteiger partial charge in [0.2, 0.25) is 5.82 Å². The number of aryl methyl sites for hydroxylation is 1. The zero-order valence-corrected chi connectivity index (χ0v) is 15.1. The molecular weight excluding hydrogens is 358 g/mol. The Morgan fingerprint density at radius 3 is 2.82 bits per heavy atom. The molecule has 1 amide bonds. The second-order valence-corrected chi connectivity index (χ2v) is 6.33. The van der Waals surface area contributed by atoms with Crippen molar-refractivity contribution in [3.63, 3.8) is 0 Å². The minimum absolute atomic E-state index is 0.0218. The number of carbonyl (C=O) groups excluding carboxylic acids is 1. The first kappa shape index (κ1) is 16.2. The molecule has 0 bridgehead atoms. The van der Waals surface area contributed by atoms with Crippen LogP contribution in [0.3, 0.4) is 0 Å². The molecule has 0 aliphatic carbocycles. The van der Waals surface area contributed by atoms with Gasteiger partial charge in [-0.25, -0.2) is 9.50 Å². The van der Waals surface area contributed by atoms with Crippen LogP contribution in [-0.2, 0) is 0 Å². The summed E-state index contributed by atoms with van der Waals surface area (Å²) in [6.07, 6.45) is 1.62. The highest BCUT2D eigenvalue weighted by molar-refractivity contribution is 6.09. The Kier molecular flexibility index (Phi) is 3.51. The van der Waals surface area contributed by atoms with E-state index < -0.39 is 5.91 Å². The highest BCUT2D eigenvalue weighted by Gasteiger charge is 2.18. The largest absolute Gasteiger partial charge is 0.495 e. The van der Waals surface area contributed by atoms with Crippen LogP contribution >= 0.6 is 0 Å². The number of furan rings is 1. The van der Waals surface area contributed by atoms with Crippen LogP contribution in [0.15, 0.2) is 53.1 Å². The number of ether oxygens (including phenoxy) is 1. The zero-order valence-electron chi connectivity index (χ0n) is 15.1. The monoisotopic (exact) mass is 373 g/mol. The second kappa shape index (κ2) is 6.05. The summed E-state index contributed by atoms with van der Waals surface area (Å²) in [5, 5.41) is 8.93. The van der Waals surface area contributed by atoms with Crippen molar-refractivity contribution < 1.29 is 13.9 Å². The Bertz CT molecular complexity index is 1370. The fourth-order valence-electron chi connectivity index (χ4n) is 3.20. The number of nitrogens with one attached hydrogen (secondary N) is 1. The molecule has 5 rings (SSSR count). The van der Waals surface area contributed by atoms with Crippen molar-refractivity contribution in [2.24, 2.45) is 0 Å². The van der Waals surface area contributed by atoms with Gasteiger partial charge in [-0.15, -0.1) is 5.10 Å². The van der Waals surface area contributed by atoms with Crippen molar-refractivity contribution in [1.82, 2.24) is 19.6 Å². The van der Waals surface area contributed by atoms with Gasteiger partial charge in [-0.3, -0.25) is 4.79 Å². The molecule has 0 fully saturated rings. The first-order chi connectivity index (χ1) is 13.6. The lowest BCUT2D eigenvalue weighted by atomic mass is 10.1. The highest BCUT2D eigenvalue weighted by atomic mass is 16.5. The molecule has 138 valence electrons. The van der Waals surface area contributed by atoms with Crippen LogP contribution < -0.4 is 10.1 Å². The Balaban J connectivity index is 1.56. The lowest BCUT2D eigenvalue weighted by Crippen LogP contribution is -2.14. The average Bonchev–Trinajstić information content (AvgIpc) is 3.29. The van der Waals surface area contributed by atoms with Gasteiger partial charge in [0.15, 0.2) is 0 Å². The molecule has 3 aromatic heterocycles. The van der Waals surface area contributed by atoms with Gasteiger partial charge in [0.05, 0.1) is 12.8 Å².